The zero-order chi connectivity index (χ0) is 25.2. The van der Waals surface area contributed by atoms with Crippen molar-refractivity contribution in [1.82, 2.24) is 14.1 Å². The van der Waals surface area contributed by atoms with E-state index < -0.39 is 27.9 Å². The average Bonchev–Trinajstić information content (AvgIpc) is 3.27. The van der Waals surface area contributed by atoms with Crippen molar-refractivity contribution in [2.24, 2.45) is 0 Å². The van der Waals surface area contributed by atoms with Crippen LogP contribution < -0.4 is 10.0 Å². The van der Waals surface area contributed by atoms with Crippen molar-refractivity contribution < 1.29 is 23.1 Å². The summed E-state index contributed by atoms with van der Waals surface area (Å²) in [5, 5.41) is 12.2. The number of halogens is 1. The monoisotopic (exact) mass is 622 g/mol. The van der Waals surface area contributed by atoms with Crippen LogP contribution in [-0.4, -0.2) is 40.2 Å². The van der Waals surface area contributed by atoms with Crippen LogP contribution in [0.25, 0.3) is 11.0 Å². The number of aromatic nitrogens is 2. The first-order valence-corrected chi connectivity index (χ1v) is 13.6. The molecule has 1 amide bonds. The SMILES string of the molecule is Cc1cccc(C[C@H](NC(=O)c2ccc(I)cc2NS(=O)(=O)c2cccc3nsnc23)C(=O)O)c1. The predicted molar refractivity (Wildman–Crippen MR) is 141 cm³/mol. The Labute approximate surface area is 219 Å². The van der Waals surface area contributed by atoms with Crippen LogP contribution >= 0.6 is 34.3 Å². The number of sulfonamides is 1. The molecule has 1 heterocycles. The van der Waals surface area contributed by atoms with E-state index in [-0.39, 0.29) is 28.1 Å². The number of benzene rings is 3. The van der Waals surface area contributed by atoms with Crippen LogP contribution in [0, 0.1) is 10.5 Å². The number of hydrogen-bond donors (Lipinski definition) is 3. The maximum atomic E-state index is 13.2. The summed E-state index contributed by atoms with van der Waals surface area (Å²) in [6.07, 6.45) is 0.0764. The van der Waals surface area contributed by atoms with Crippen LogP contribution in [0.4, 0.5) is 5.69 Å². The number of fused-ring (bicyclic) bond motifs is 1. The maximum Gasteiger partial charge on any atom is 0.326 e. The molecule has 4 rings (SSSR count). The molecule has 0 saturated carbocycles. The summed E-state index contributed by atoms with van der Waals surface area (Å²) in [7, 11) is -4.13. The number of carboxylic acid groups (broad SMARTS) is 1. The van der Waals surface area contributed by atoms with Crippen LogP contribution in [0.5, 0.6) is 0 Å². The van der Waals surface area contributed by atoms with E-state index in [4.69, 9.17) is 0 Å². The van der Waals surface area contributed by atoms with E-state index in [2.05, 4.69) is 18.8 Å². The molecule has 3 aromatic carbocycles. The number of hydrogen-bond acceptors (Lipinski definition) is 7. The van der Waals surface area contributed by atoms with Crippen LogP contribution in [0.15, 0.2) is 65.6 Å². The number of carbonyl (C=O) groups is 2. The molecule has 9 nitrogen and oxygen atoms in total. The van der Waals surface area contributed by atoms with Gasteiger partial charge in [0.25, 0.3) is 15.9 Å². The molecule has 0 radical (unpaired) electrons. The largest absolute Gasteiger partial charge is 0.480 e. The topological polar surface area (TPSA) is 138 Å². The fourth-order valence-electron chi connectivity index (χ4n) is 3.51. The van der Waals surface area contributed by atoms with Gasteiger partial charge in [0.05, 0.1) is 23.0 Å². The van der Waals surface area contributed by atoms with E-state index in [9.17, 15) is 23.1 Å². The predicted octanol–water partition coefficient (Wildman–Crippen LogP) is 3.83. The first-order valence-electron chi connectivity index (χ1n) is 10.3. The van der Waals surface area contributed by atoms with Gasteiger partial charge in [-0.15, -0.1) is 0 Å². The Kier molecular flexibility index (Phi) is 7.33. The molecule has 0 spiro atoms. The van der Waals surface area contributed by atoms with Gasteiger partial charge in [0, 0.05) is 9.99 Å². The molecular weight excluding hydrogens is 603 g/mol. The van der Waals surface area contributed by atoms with Crippen LogP contribution in [-0.2, 0) is 21.2 Å². The Morgan fingerprint density at radius 1 is 1.09 bits per heavy atom. The van der Waals surface area contributed by atoms with Gasteiger partial charge in [-0.1, -0.05) is 35.9 Å². The number of carboxylic acids is 1. The van der Waals surface area contributed by atoms with Crippen LogP contribution in [0.1, 0.15) is 21.5 Å². The van der Waals surface area contributed by atoms with Crippen molar-refractivity contribution in [3.8, 4) is 0 Å². The molecule has 12 heteroatoms. The normalized spacial score (nSPS) is 12.3. The second-order valence-corrected chi connectivity index (χ2v) is 11.2. The van der Waals surface area contributed by atoms with E-state index in [0.29, 0.717) is 9.09 Å². The third kappa shape index (κ3) is 5.77. The lowest BCUT2D eigenvalue weighted by Gasteiger charge is -2.17. The number of aryl methyl sites for hydroxylation is 1. The lowest BCUT2D eigenvalue weighted by molar-refractivity contribution is -0.139. The number of nitrogens with zero attached hydrogens (tertiary/aromatic N) is 2. The summed E-state index contributed by atoms with van der Waals surface area (Å²) in [5.41, 5.74) is 2.41. The first-order chi connectivity index (χ1) is 16.6. The van der Waals surface area contributed by atoms with E-state index in [1.165, 1.54) is 18.2 Å². The summed E-state index contributed by atoms with van der Waals surface area (Å²) in [5.74, 6) is -1.91. The van der Waals surface area contributed by atoms with Gasteiger partial charge in [0.2, 0.25) is 0 Å². The van der Waals surface area contributed by atoms with Crippen molar-refractivity contribution in [2.45, 2.75) is 24.3 Å². The van der Waals surface area contributed by atoms with Crippen LogP contribution in [0.2, 0.25) is 0 Å². The van der Waals surface area contributed by atoms with E-state index in [1.807, 2.05) is 47.7 Å². The van der Waals surface area contributed by atoms with Gasteiger partial charge < -0.3 is 10.4 Å². The molecule has 0 aliphatic rings. The second kappa shape index (κ2) is 10.3. The third-order valence-electron chi connectivity index (χ3n) is 5.13. The highest BCUT2D eigenvalue weighted by atomic mass is 127. The van der Waals surface area contributed by atoms with Gasteiger partial charge in [-0.2, -0.15) is 8.75 Å². The molecule has 180 valence electrons. The highest BCUT2D eigenvalue weighted by molar-refractivity contribution is 14.1. The second-order valence-electron chi connectivity index (χ2n) is 7.74. The molecule has 0 fully saturated rings. The number of amides is 1. The number of anilines is 1. The Hall–Kier alpha value is -3.10. The highest BCUT2D eigenvalue weighted by Gasteiger charge is 2.26. The first kappa shape index (κ1) is 25.0. The molecule has 4 aromatic rings. The Morgan fingerprint density at radius 2 is 1.86 bits per heavy atom. The molecule has 0 bridgehead atoms. The molecule has 0 saturated heterocycles. The molecule has 1 aromatic heterocycles. The lowest BCUT2D eigenvalue weighted by atomic mass is 10.0. The minimum absolute atomic E-state index is 0.00642. The summed E-state index contributed by atoms with van der Waals surface area (Å²) >= 11 is 2.90. The quantitative estimate of drug-likeness (QED) is 0.254. The number of rotatable bonds is 8. The minimum Gasteiger partial charge on any atom is -0.480 e. The van der Waals surface area contributed by atoms with Crippen molar-refractivity contribution in [1.29, 1.82) is 0 Å². The molecule has 35 heavy (non-hydrogen) atoms. The summed E-state index contributed by atoms with van der Waals surface area (Å²) in [4.78, 5) is 24.9. The van der Waals surface area contributed by atoms with E-state index >= 15 is 0 Å². The van der Waals surface area contributed by atoms with Gasteiger partial charge in [-0.25, -0.2) is 13.2 Å². The molecule has 1 atom stereocenters. The third-order valence-corrected chi connectivity index (χ3v) is 7.75. The number of aliphatic carboxylic acids is 1. The highest BCUT2D eigenvalue weighted by Crippen LogP contribution is 2.26. The zero-order valence-corrected chi connectivity index (χ0v) is 22.0. The number of nitrogens with one attached hydrogen (secondary N) is 2. The van der Waals surface area contributed by atoms with Crippen molar-refractivity contribution >= 4 is 72.9 Å². The fourth-order valence-corrected chi connectivity index (χ4v) is 5.84. The summed E-state index contributed by atoms with van der Waals surface area (Å²) < 4.78 is 37.7. The van der Waals surface area contributed by atoms with Gasteiger partial charge in [0.15, 0.2) is 0 Å². The van der Waals surface area contributed by atoms with E-state index in [1.54, 1.807) is 24.3 Å². The van der Waals surface area contributed by atoms with Crippen molar-refractivity contribution in [2.75, 3.05) is 4.72 Å². The van der Waals surface area contributed by atoms with Crippen LogP contribution in [0.3, 0.4) is 0 Å². The summed E-state index contributed by atoms with van der Waals surface area (Å²) in [6, 6.07) is 15.3. The van der Waals surface area contributed by atoms with E-state index in [0.717, 1.165) is 22.9 Å². The number of carbonyl (C=O) groups excluding carboxylic acids is 1. The van der Waals surface area contributed by atoms with Gasteiger partial charge in [-0.3, -0.25) is 9.52 Å². The van der Waals surface area contributed by atoms with Crippen molar-refractivity contribution in [3.05, 3.63) is 80.9 Å². The van der Waals surface area contributed by atoms with Crippen molar-refractivity contribution in [3.63, 3.8) is 0 Å². The molecule has 0 aliphatic carbocycles. The smallest absolute Gasteiger partial charge is 0.326 e. The van der Waals surface area contributed by atoms with Gasteiger partial charge in [-0.05, 0) is 65.4 Å². The van der Waals surface area contributed by atoms with Gasteiger partial charge >= 0.3 is 5.97 Å². The summed E-state index contributed by atoms with van der Waals surface area (Å²) in [6.45, 7) is 1.89. The molecule has 3 N–H and O–H groups in total. The Bertz CT molecular complexity index is 1540. The molecule has 0 aliphatic heterocycles. The molecular formula is C23H19IN4O5S2. The zero-order valence-electron chi connectivity index (χ0n) is 18.2. The minimum atomic E-state index is -4.13. The van der Waals surface area contributed by atoms with Gasteiger partial charge in [0.1, 0.15) is 22.0 Å². The Morgan fingerprint density at radius 3 is 2.60 bits per heavy atom. The average molecular weight is 622 g/mol. The Balaban J connectivity index is 1.63. The molecule has 0 unspecified atom stereocenters. The standard InChI is InChI=1S/C23H19IN4O5S2/c1-13-4-2-5-14(10-13)11-19(23(30)31)25-22(29)16-9-8-15(24)12-18(16)28-35(32,33)20-7-3-6-17-21(20)27-34-26-17/h2-10,12,19,28H,11H2,1H3,(H,25,29)(H,30,31)/t19-/m0/s1. The lowest BCUT2D eigenvalue weighted by Crippen LogP contribution is -2.42. The fraction of sp³-hybridized carbons (Fsp3) is 0.130. The maximum absolute atomic E-state index is 13.2.